The summed E-state index contributed by atoms with van der Waals surface area (Å²) >= 11 is 7.28. The Morgan fingerprint density at radius 2 is 2.03 bits per heavy atom. The van der Waals surface area contributed by atoms with Gasteiger partial charge in [-0.2, -0.15) is 0 Å². The van der Waals surface area contributed by atoms with Crippen molar-refractivity contribution in [3.05, 3.63) is 80.1 Å². The monoisotopic (exact) mass is 491 g/mol. The number of amides is 1. The highest BCUT2D eigenvalue weighted by Gasteiger charge is 2.17. The number of nitrogens with one attached hydrogen (secondary N) is 2. The Bertz CT molecular complexity index is 1190. The predicted octanol–water partition coefficient (Wildman–Crippen LogP) is 3.12. The van der Waals surface area contributed by atoms with Gasteiger partial charge in [0.25, 0.3) is 5.91 Å². The number of benzene rings is 1. The average molecular weight is 492 g/mol. The summed E-state index contributed by atoms with van der Waals surface area (Å²) in [6.45, 7) is 6.00. The molecular weight excluding hydrogens is 466 g/mol. The van der Waals surface area contributed by atoms with Gasteiger partial charge in [-0.05, 0) is 30.7 Å². The van der Waals surface area contributed by atoms with E-state index < -0.39 is 12.0 Å². The van der Waals surface area contributed by atoms with Crippen molar-refractivity contribution in [2.75, 3.05) is 13.2 Å². The number of aryl methyl sites for hydroxylation is 1. The van der Waals surface area contributed by atoms with E-state index in [9.17, 15) is 14.7 Å². The number of aromatic nitrogens is 1. The SMILES string of the molecule is C=C(C)NOCC(O)COCc1cc2c(=O)c(C(=O)NCc3ccc(Cl)cc3)cn(C)c2s1. The van der Waals surface area contributed by atoms with Gasteiger partial charge in [0.05, 0.1) is 18.6 Å². The van der Waals surface area contributed by atoms with Crippen molar-refractivity contribution in [1.29, 1.82) is 0 Å². The molecular formula is C23H26ClN3O5S. The van der Waals surface area contributed by atoms with Gasteiger partial charge < -0.3 is 19.7 Å². The predicted molar refractivity (Wildman–Crippen MR) is 129 cm³/mol. The van der Waals surface area contributed by atoms with Crippen LogP contribution in [0.2, 0.25) is 5.02 Å². The highest BCUT2D eigenvalue weighted by molar-refractivity contribution is 7.18. The van der Waals surface area contributed by atoms with Gasteiger partial charge in [-0.1, -0.05) is 30.3 Å². The van der Waals surface area contributed by atoms with Gasteiger partial charge in [0.1, 0.15) is 23.1 Å². The first-order chi connectivity index (χ1) is 15.7. The number of halogens is 1. The molecule has 1 aromatic carbocycles. The van der Waals surface area contributed by atoms with Crippen LogP contribution < -0.4 is 16.2 Å². The molecule has 0 aliphatic carbocycles. The van der Waals surface area contributed by atoms with E-state index in [2.05, 4.69) is 17.4 Å². The van der Waals surface area contributed by atoms with E-state index in [1.807, 2.05) is 12.1 Å². The number of hydroxylamine groups is 1. The molecule has 1 unspecified atom stereocenters. The third-order valence-electron chi connectivity index (χ3n) is 4.58. The number of pyridine rings is 1. The zero-order valence-corrected chi connectivity index (χ0v) is 20.0. The molecule has 0 bridgehead atoms. The summed E-state index contributed by atoms with van der Waals surface area (Å²) in [5.41, 5.74) is 3.81. The molecule has 0 fully saturated rings. The molecule has 0 aliphatic rings. The molecule has 0 radical (unpaired) electrons. The number of aliphatic hydroxyl groups excluding tert-OH is 1. The van der Waals surface area contributed by atoms with Crippen LogP contribution in [-0.4, -0.2) is 34.9 Å². The summed E-state index contributed by atoms with van der Waals surface area (Å²) in [6, 6.07) is 8.84. The van der Waals surface area contributed by atoms with Gasteiger partial charge >= 0.3 is 0 Å². The molecule has 0 saturated heterocycles. The molecule has 33 heavy (non-hydrogen) atoms. The van der Waals surface area contributed by atoms with Gasteiger partial charge in [0.15, 0.2) is 0 Å². The van der Waals surface area contributed by atoms with Gasteiger partial charge in [0, 0.05) is 35.4 Å². The van der Waals surface area contributed by atoms with Gasteiger partial charge in [-0.3, -0.25) is 19.9 Å². The largest absolute Gasteiger partial charge is 0.388 e. The summed E-state index contributed by atoms with van der Waals surface area (Å²) < 4.78 is 7.31. The Morgan fingerprint density at radius 1 is 1.30 bits per heavy atom. The number of allylic oxidation sites excluding steroid dienone is 1. The Balaban J connectivity index is 1.63. The molecule has 2 heterocycles. The van der Waals surface area contributed by atoms with Crippen molar-refractivity contribution in [2.45, 2.75) is 26.2 Å². The normalized spacial score (nSPS) is 12.0. The molecule has 3 N–H and O–H groups in total. The van der Waals surface area contributed by atoms with Crippen LogP contribution in [0.1, 0.15) is 27.7 Å². The summed E-state index contributed by atoms with van der Waals surface area (Å²) in [5.74, 6) is -0.442. The molecule has 1 atom stereocenters. The fourth-order valence-electron chi connectivity index (χ4n) is 3.03. The molecule has 8 nitrogen and oxygen atoms in total. The number of rotatable bonds is 11. The molecule has 10 heteroatoms. The topological polar surface area (TPSA) is 102 Å². The smallest absolute Gasteiger partial charge is 0.257 e. The lowest BCUT2D eigenvalue weighted by Gasteiger charge is -2.12. The maximum absolute atomic E-state index is 13.0. The second-order valence-corrected chi connectivity index (χ2v) is 9.14. The van der Waals surface area contributed by atoms with Crippen molar-refractivity contribution in [3.8, 4) is 0 Å². The van der Waals surface area contributed by atoms with Gasteiger partial charge in [-0.15, -0.1) is 11.3 Å². The number of ether oxygens (including phenoxy) is 1. The number of thiophene rings is 1. The molecule has 3 rings (SSSR count). The molecule has 1 amide bonds. The molecule has 176 valence electrons. The van der Waals surface area contributed by atoms with Crippen molar-refractivity contribution in [3.63, 3.8) is 0 Å². The average Bonchev–Trinajstić information content (AvgIpc) is 3.20. The summed E-state index contributed by atoms with van der Waals surface area (Å²) in [4.78, 5) is 32.2. The van der Waals surface area contributed by atoms with Crippen molar-refractivity contribution in [1.82, 2.24) is 15.4 Å². The summed E-state index contributed by atoms with van der Waals surface area (Å²) in [6.07, 6.45) is 0.729. The van der Waals surface area contributed by atoms with Crippen LogP contribution in [0.4, 0.5) is 0 Å². The van der Waals surface area contributed by atoms with Crippen LogP contribution >= 0.6 is 22.9 Å². The van der Waals surface area contributed by atoms with Crippen LogP contribution in [0.25, 0.3) is 10.2 Å². The van der Waals surface area contributed by atoms with E-state index in [-0.39, 0.29) is 37.4 Å². The minimum absolute atomic E-state index is 0.0490. The van der Waals surface area contributed by atoms with E-state index >= 15 is 0 Å². The van der Waals surface area contributed by atoms with E-state index in [1.54, 1.807) is 42.9 Å². The van der Waals surface area contributed by atoms with E-state index in [4.69, 9.17) is 21.2 Å². The fraction of sp³-hybridized carbons (Fsp3) is 0.304. The summed E-state index contributed by atoms with van der Waals surface area (Å²) in [7, 11) is 1.79. The molecule has 2 aromatic heterocycles. The first kappa shape index (κ1) is 24.9. The number of carbonyl (C=O) groups is 1. The van der Waals surface area contributed by atoms with Crippen LogP contribution in [0.3, 0.4) is 0 Å². The third-order valence-corrected chi connectivity index (χ3v) is 6.03. The van der Waals surface area contributed by atoms with E-state index in [0.29, 0.717) is 16.1 Å². The number of hydrogen-bond donors (Lipinski definition) is 3. The number of fused-ring (bicyclic) bond motifs is 1. The van der Waals surface area contributed by atoms with Crippen LogP contribution in [0.5, 0.6) is 0 Å². The molecule has 0 spiro atoms. The second-order valence-electron chi connectivity index (χ2n) is 7.59. The van der Waals surface area contributed by atoms with Gasteiger partial charge in [-0.25, -0.2) is 0 Å². The Morgan fingerprint density at radius 3 is 2.73 bits per heavy atom. The maximum Gasteiger partial charge on any atom is 0.257 e. The highest BCUT2D eigenvalue weighted by atomic mass is 35.5. The lowest BCUT2D eigenvalue weighted by Crippen LogP contribution is -2.29. The standard InChI is InChI=1S/C23H26ClN3O5S/c1-14(2)26-32-12-17(28)11-31-13-18-8-19-21(29)20(10-27(3)23(19)33-18)22(30)25-9-15-4-6-16(24)7-5-15/h4-8,10,17,26,28H,1,9,11-13H2,2-3H3,(H,25,30). The molecule has 3 aromatic rings. The minimum Gasteiger partial charge on any atom is -0.388 e. The maximum atomic E-state index is 13.0. The number of aliphatic hydroxyl groups is 1. The van der Waals surface area contributed by atoms with Gasteiger partial charge in [0.2, 0.25) is 5.43 Å². The van der Waals surface area contributed by atoms with Crippen molar-refractivity contribution in [2.24, 2.45) is 7.05 Å². The highest BCUT2D eigenvalue weighted by Crippen LogP contribution is 2.24. The van der Waals surface area contributed by atoms with Crippen LogP contribution in [0.15, 0.2) is 53.6 Å². The Labute approximate surface area is 200 Å². The first-order valence-corrected chi connectivity index (χ1v) is 11.4. The Kier molecular flexibility index (Phi) is 8.65. The number of nitrogens with zero attached hydrogens (tertiary/aromatic N) is 1. The first-order valence-electron chi connectivity index (χ1n) is 10.2. The fourth-order valence-corrected chi connectivity index (χ4v) is 4.18. The summed E-state index contributed by atoms with van der Waals surface area (Å²) in [5, 5.41) is 13.7. The number of carbonyl (C=O) groups excluding carboxylic acids is 1. The lowest BCUT2D eigenvalue weighted by atomic mass is 10.2. The quantitative estimate of drug-likeness (QED) is 0.356. The van der Waals surface area contributed by atoms with E-state index in [1.165, 1.54) is 11.3 Å². The van der Waals surface area contributed by atoms with Crippen molar-refractivity contribution < 1.29 is 19.5 Å². The minimum atomic E-state index is -0.812. The third kappa shape index (κ3) is 6.89. The lowest BCUT2D eigenvalue weighted by molar-refractivity contribution is -0.0457. The second kappa shape index (κ2) is 11.4. The molecule has 0 saturated carbocycles. The zero-order valence-electron chi connectivity index (χ0n) is 18.4. The zero-order chi connectivity index (χ0) is 24.0. The Hall–Kier alpha value is -2.69. The molecule has 0 aliphatic heterocycles. The van der Waals surface area contributed by atoms with Crippen molar-refractivity contribution >= 4 is 39.1 Å². The number of hydrogen-bond acceptors (Lipinski definition) is 7. The van der Waals surface area contributed by atoms with E-state index in [0.717, 1.165) is 15.3 Å². The van der Waals surface area contributed by atoms with Crippen LogP contribution in [-0.2, 0) is 29.8 Å². The van der Waals surface area contributed by atoms with Crippen LogP contribution in [0, 0.1) is 0 Å².